The van der Waals surface area contributed by atoms with E-state index in [0.29, 0.717) is 12.5 Å². The second-order valence-corrected chi connectivity index (χ2v) is 8.02. The van der Waals surface area contributed by atoms with Crippen LogP contribution < -0.4 is 5.73 Å². The van der Waals surface area contributed by atoms with Gasteiger partial charge in [0.1, 0.15) is 0 Å². The maximum atomic E-state index is 12.5. The molecule has 1 saturated heterocycles. The lowest BCUT2D eigenvalue weighted by Gasteiger charge is -2.33. The number of nitrogens with two attached hydrogens (primary N) is 1. The Labute approximate surface area is 110 Å². The SMILES string of the molecule is CCC1CCC(N)C(S(=O)(=O)CC2CCCO2)C1. The predicted molar refractivity (Wildman–Crippen MR) is 72.2 cm³/mol. The van der Waals surface area contributed by atoms with Crippen molar-refractivity contribution in [1.82, 2.24) is 0 Å². The molecule has 5 heteroatoms. The van der Waals surface area contributed by atoms with Crippen molar-refractivity contribution in [3.63, 3.8) is 0 Å². The quantitative estimate of drug-likeness (QED) is 0.844. The van der Waals surface area contributed by atoms with Gasteiger partial charge in [0.05, 0.1) is 17.1 Å². The highest BCUT2D eigenvalue weighted by Crippen LogP contribution is 2.31. The van der Waals surface area contributed by atoms with Gasteiger partial charge in [-0.05, 0) is 38.0 Å². The van der Waals surface area contributed by atoms with Crippen LogP contribution in [0, 0.1) is 5.92 Å². The topological polar surface area (TPSA) is 69.4 Å². The molecule has 0 aromatic heterocycles. The molecular formula is C13H25NO3S. The van der Waals surface area contributed by atoms with E-state index in [2.05, 4.69) is 6.92 Å². The van der Waals surface area contributed by atoms with Crippen molar-refractivity contribution in [3.8, 4) is 0 Å². The Kier molecular flexibility index (Phi) is 4.67. The van der Waals surface area contributed by atoms with E-state index >= 15 is 0 Å². The van der Waals surface area contributed by atoms with Gasteiger partial charge in [-0.3, -0.25) is 0 Å². The highest BCUT2D eigenvalue weighted by Gasteiger charge is 2.38. The molecule has 1 heterocycles. The summed E-state index contributed by atoms with van der Waals surface area (Å²) in [7, 11) is -3.11. The molecule has 0 aromatic rings. The van der Waals surface area contributed by atoms with Crippen molar-refractivity contribution >= 4 is 9.84 Å². The Morgan fingerprint density at radius 2 is 2.06 bits per heavy atom. The van der Waals surface area contributed by atoms with Crippen molar-refractivity contribution in [2.75, 3.05) is 12.4 Å². The molecule has 0 spiro atoms. The standard InChI is InChI=1S/C13H25NO3S/c1-2-10-5-6-12(14)13(8-10)18(15,16)9-11-4-3-7-17-11/h10-13H,2-9,14H2,1H3. The van der Waals surface area contributed by atoms with Gasteiger partial charge < -0.3 is 10.5 Å². The van der Waals surface area contributed by atoms with E-state index in [9.17, 15) is 8.42 Å². The minimum absolute atomic E-state index is 0.0933. The van der Waals surface area contributed by atoms with Crippen molar-refractivity contribution in [2.45, 2.75) is 62.8 Å². The molecule has 4 nitrogen and oxygen atoms in total. The van der Waals surface area contributed by atoms with Crippen LogP contribution in [-0.4, -0.2) is 38.2 Å². The molecule has 1 saturated carbocycles. The van der Waals surface area contributed by atoms with Gasteiger partial charge in [-0.1, -0.05) is 13.3 Å². The van der Waals surface area contributed by atoms with E-state index in [0.717, 1.165) is 38.5 Å². The molecule has 2 rings (SSSR count). The summed E-state index contributed by atoms with van der Waals surface area (Å²) < 4.78 is 30.4. The summed E-state index contributed by atoms with van der Waals surface area (Å²) in [5, 5.41) is -0.347. The zero-order valence-electron chi connectivity index (χ0n) is 11.2. The Morgan fingerprint density at radius 1 is 1.28 bits per heavy atom. The van der Waals surface area contributed by atoms with Crippen molar-refractivity contribution in [1.29, 1.82) is 0 Å². The van der Waals surface area contributed by atoms with Crippen LogP contribution in [0.3, 0.4) is 0 Å². The van der Waals surface area contributed by atoms with Crippen LogP contribution in [0.1, 0.15) is 45.4 Å². The van der Waals surface area contributed by atoms with Gasteiger partial charge in [0.15, 0.2) is 9.84 Å². The van der Waals surface area contributed by atoms with Crippen LogP contribution in [0.5, 0.6) is 0 Å². The molecule has 18 heavy (non-hydrogen) atoms. The number of hydrogen-bond acceptors (Lipinski definition) is 4. The van der Waals surface area contributed by atoms with Gasteiger partial charge in [0, 0.05) is 12.6 Å². The normalized spacial score (nSPS) is 37.9. The summed E-state index contributed by atoms with van der Waals surface area (Å²) in [6, 6.07) is -0.181. The monoisotopic (exact) mass is 275 g/mol. The number of rotatable bonds is 4. The van der Waals surface area contributed by atoms with Crippen LogP contribution in [0.25, 0.3) is 0 Å². The average molecular weight is 275 g/mol. The van der Waals surface area contributed by atoms with Gasteiger partial charge in [-0.15, -0.1) is 0 Å². The lowest BCUT2D eigenvalue weighted by Crippen LogP contribution is -2.47. The van der Waals surface area contributed by atoms with E-state index in [4.69, 9.17) is 10.5 Å². The number of ether oxygens (including phenoxy) is 1. The second kappa shape index (κ2) is 5.88. The third kappa shape index (κ3) is 3.25. The van der Waals surface area contributed by atoms with Gasteiger partial charge in [0.25, 0.3) is 0 Å². The van der Waals surface area contributed by atoms with Crippen LogP contribution in [0.2, 0.25) is 0 Å². The predicted octanol–water partition coefficient (Wildman–Crippen LogP) is 1.49. The van der Waals surface area contributed by atoms with Crippen LogP contribution in [0.4, 0.5) is 0 Å². The first kappa shape index (κ1) is 14.3. The maximum absolute atomic E-state index is 12.5. The second-order valence-electron chi connectivity index (χ2n) is 5.75. The van der Waals surface area contributed by atoms with Gasteiger partial charge in [0.2, 0.25) is 0 Å². The molecule has 1 aliphatic heterocycles. The molecule has 2 N–H and O–H groups in total. The summed E-state index contributed by atoms with van der Waals surface area (Å²) in [5.74, 6) is 0.691. The summed E-state index contributed by atoms with van der Waals surface area (Å²) >= 11 is 0. The summed E-state index contributed by atoms with van der Waals surface area (Å²) in [6.45, 7) is 2.83. The minimum atomic E-state index is -3.11. The fraction of sp³-hybridized carbons (Fsp3) is 1.00. The van der Waals surface area contributed by atoms with Crippen LogP contribution in [-0.2, 0) is 14.6 Å². The molecule has 0 amide bonds. The molecular weight excluding hydrogens is 250 g/mol. The van der Waals surface area contributed by atoms with Crippen LogP contribution >= 0.6 is 0 Å². The van der Waals surface area contributed by atoms with Gasteiger partial charge in [-0.2, -0.15) is 0 Å². The number of sulfone groups is 1. The lowest BCUT2D eigenvalue weighted by molar-refractivity contribution is 0.127. The van der Waals surface area contributed by atoms with Gasteiger partial charge >= 0.3 is 0 Å². The smallest absolute Gasteiger partial charge is 0.157 e. The van der Waals surface area contributed by atoms with E-state index in [1.165, 1.54) is 0 Å². The van der Waals surface area contributed by atoms with E-state index in [1.807, 2.05) is 0 Å². The van der Waals surface area contributed by atoms with Crippen molar-refractivity contribution in [2.24, 2.45) is 11.7 Å². The largest absolute Gasteiger partial charge is 0.377 e. The van der Waals surface area contributed by atoms with Crippen LogP contribution in [0.15, 0.2) is 0 Å². The Balaban J connectivity index is 2.02. The van der Waals surface area contributed by atoms with Gasteiger partial charge in [-0.25, -0.2) is 8.42 Å². The highest BCUT2D eigenvalue weighted by atomic mass is 32.2. The molecule has 0 bridgehead atoms. The highest BCUT2D eigenvalue weighted by molar-refractivity contribution is 7.92. The molecule has 0 aromatic carbocycles. The summed E-state index contributed by atoms with van der Waals surface area (Å²) in [5.41, 5.74) is 6.04. The molecule has 2 aliphatic rings. The van der Waals surface area contributed by atoms with Crippen molar-refractivity contribution in [3.05, 3.63) is 0 Å². The average Bonchev–Trinajstić information content (AvgIpc) is 2.81. The number of hydrogen-bond donors (Lipinski definition) is 1. The maximum Gasteiger partial charge on any atom is 0.157 e. The van der Waals surface area contributed by atoms with Crippen molar-refractivity contribution < 1.29 is 13.2 Å². The lowest BCUT2D eigenvalue weighted by atomic mass is 9.84. The van der Waals surface area contributed by atoms with E-state index < -0.39 is 9.84 Å². The first-order chi connectivity index (χ1) is 8.53. The third-order valence-electron chi connectivity index (χ3n) is 4.43. The zero-order valence-corrected chi connectivity index (χ0v) is 12.0. The Hall–Kier alpha value is -0.130. The Morgan fingerprint density at radius 3 is 2.67 bits per heavy atom. The first-order valence-corrected chi connectivity index (χ1v) is 8.83. The summed E-state index contributed by atoms with van der Waals surface area (Å²) in [4.78, 5) is 0. The minimum Gasteiger partial charge on any atom is -0.377 e. The first-order valence-electron chi connectivity index (χ1n) is 7.11. The molecule has 106 valence electrons. The fourth-order valence-corrected chi connectivity index (χ4v) is 5.44. The molecule has 0 radical (unpaired) electrons. The summed E-state index contributed by atoms with van der Waals surface area (Å²) in [6.07, 6.45) is 5.47. The molecule has 4 atom stereocenters. The molecule has 1 aliphatic carbocycles. The zero-order chi connectivity index (χ0) is 13.2. The molecule has 4 unspecified atom stereocenters. The molecule has 2 fully saturated rings. The van der Waals surface area contributed by atoms with E-state index in [1.54, 1.807) is 0 Å². The van der Waals surface area contributed by atoms with E-state index in [-0.39, 0.29) is 23.1 Å². The third-order valence-corrected chi connectivity index (χ3v) is 6.73. The fourth-order valence-electron chi connectivity index (χ4n) is 3.18. The Bertz CT molecular complexity index is 362.